The number of carbonyl (C=O) groups excluding carboxylic acids is 1. The molecule has 1 saturated heterocycles. The predicted molar refractivity (Wildman–Crippen MR) is 110 cm³/mol. The van der Waals surface area contributed by atoms with Gasteiger partial charge in [-0.25, -0.2) is 4.79 Å². The van der Waals surface area contributed by atoms with Gasteiger partial charge in [-0.1, -0.05) is 61.5 Å². The van der Waals surface area contributed by atoms with Crippen LogP contribution < -0.4 is 5.32 Å². The van der Waals surface area contributed by atoms with Crippen molar-refractivity contribution in [3.63, 3.8) is 0 Å². The fourth-order valence-corrected chi connectivity index (χ4v) is 4.78. The van der Waals surface area contributed by atoms with E-state index in [2.05, 4.69) is 66.8 Å². The number of nitrogens with zero attached hydrogens (tertiary/aromatic N) is 1. The number of piperidine rings is 1. The summed E-state index contributed by atoms with van der Waals surface area (Å²) in [4.78, 5) is 14.8. The van der Waals surface area contributed by atoms with Crippen LogP contribution in [0.25, 0.3) is 0 Å². The van der Waals surface area contributed by atoms with Gasteiger partial charge in [-0.05, 0) is 54.7 Å². The van der Waals surface area contributed by atoms with Gasteiger partial charge in [0, 0.05) is 25.0 Å². The zero-order chi connectivity index (χ0) is 18.7. The minimum atomic E-state index is 0.0562. The van der Waals surface area contributed by atoms with Crippen molar-refractivity contribution in [2.24, 2.45) is 5.92 Å². The van der Waals surface area contributed by atoms with Crippen LogP contribution in [0.1, 0.15) is 42.9 Å². The number of carbonyl (C=O) groups is 1. The third-order valence-electron chi connectivity index (χ3n) is 6.45. The molecule has 3 nitrogen and oxygen atoms in total. The van der Waals surface area contributed by atoms with E-state index in [0.717, 1.165) is 45.3 Å². The molecule has 0 aromatic heterocycles. The van der Waals surface area contributed by atoms with Gasteiger partial charge in [0.15, 0.2) is 0 Å². The van der Waals surface area contributed by atoms with Crippen molar-refractivity contribution in [1.82, 2.24) is 10.2 Å². The number of aryl methyl sites for hydroxylation is 1. The number of fused-ring (bicyclic) bond motifs is 1. The molecule has 1 aliphatic carbocycles. The van der Waals surface area contributed by atoms with Crippen LogP contribution in [0, 0.1) is 5.92 Å². The van der Waals surface area contributed by atoms with Crippen molar-refractivity contribution in [2.45, 2.75) is 44.4 Å². The van der Waals surface area contributed by atoms with E-state index in [9.17, 15) is 4.79 Å². The molecule has 27 heavy (non-hydrogen) atoms. The minimum absolute atomic E-state index is 0.0562. The summed E-state index contributed by atoms with van der Waals surface area (Å²) >= 11 is 0. The van der Waals surface area contributed by atoms with Gasteiger partial charge in [0.2, 0.25) is 0 Å². The SMILES string of the molecule is CC1(c2ccccc2)CCCN(C(=O)NCC2CCc3ccccc3C2)C1. The second-order valence-electron chi connectivity index (χ2n) is 8.52. The highest BCUT2D eigenvalue weighted by atomic mass is 16.2. The molecule has 2 aromatic rings. The molecule has 1 aliphatic heterocycles. The van der Waals surface area contributed by atoms with Crippen LogP contribution in [-0.4, -0.2) is 30.6 Å². The molecule has 1 heterocycles. The van der Waals surface area contributed by atoms with Crippen LogP contribution >= 0.6 is 0 Å². The van der Waals surface area contributed by atoms with E-state index in [0.29, 0.717) is 5.92 Å². The molecular formula is C24H30N2O. The van der Waals surface area contributed by atoms with Crippen LogP contribution in [0.3, 0.4) is 0 Å². The Morgan fingerprint density at radius 3 is 2.67 bits per heavy atom. The molecule has 0 spiro atoms. The first-order chi connectivity index (χ1) is 13.1. The molecule has 3 heteroatoms. The lowest BCUT2D eigenvalue weighted by Gasteiger charge is -2.41. The Balaban J connectivity index is 1.33. The molecule has 2 atom stereocenters. The number of benzene rings is 2. The quantitative estimate of drug-likeness (QED) is 0.853. The Hall–Kier alpha value is -2.29. The summed E-state index contributed by atoms with van der Waals surface area (Å²) < 4.78 is 0. The van der Waals surface area contributed by atoms with Gasteiger partial charge in [0.05, 0.1) is 0 Å². The molecular weight excluding hydrogens is 332 g/mol. The third kappa shape index (κ3) is 4.02. The number of nitrogens with one attached hydrogen (secondary N) is 1. The number of hydrogen-bond acceptors (Lipinski definition) is 1. The zero-order valence-electron chi connectivity index (χ0n) is 16.3. The Labute approximate surface area is 162 Å². The number of rotatable bonds is 3. The molecule has 2 unspecified atom stereocenters. The Morgan fingerprint density at radius 1 is 1.11 bits per heavy atom. The molecule has 2 aromatic carbocycles. The highest BCUT2D eigenvalue weighted by Gasteiger charge is 2.34. The summed E-state index contributed by atoms with van der Waals surface area (Å²) in [5.74, 6) is 0.550. The number of hydrogen-bond donors (Lipinski definition) is 1. The summed E-state index contributed by atoms with van der Waals surface area (Å²) in [5.41, 5.74) is 4.33. The maximum absolute atomic E-state index is 12.8. The van der Waals surface area contributed by atoms with Crippen molar-refractivity contribution >= 4 is 6.03 Å². The molecule has 2 aliphatic rings. The maximum atomic E-state index is 12.8. The smallest absolute Gasteiger partial charge is 0.317 e. The topological polar surface area (TPSA) is 32.3 Å². The molecule has 142 valence electrons. The molecule has 2 amide bonds. The number of amides is 2. The van der Waals surface area contributed by atoms with E-state index in [-0.39, 0.29) is 11.4 Å². The Bertz CT molecular complexity index is 788. The summed E-state index contributed by atoms with van der Waals surface area (Å²) in [6.07, 6.45) is 5.58. The first-order valence-electron chi connectivity index (χ1n) is 10.3. The van der Waals surface area contributed by atoms with Gasteiger partial charge in [-0.15, -0.1) is 0 Å². The zero-order valence-corrected chi connectivity index (χ0v) is 16.3. The number of urea groups is 1. The van der Waals surface area contributed by atoms with Crippen molar-refractivity contribution in [3.05, 3.63) is 71.3 Å². The molecule has 4 rings (SSSR count). The average molecular weight is 363 g/mol. The van der Waals surface area contributed by atoms with Gasteiger partial charge in [0.1, 0.15) is 0 Å². The van der Waals surface area contributed by atoms with Gasteiger partial charge >= 0.3 is 6.03 Å². The van der Waals surface area contributed by atoms with E-state index < -0.39 is 0 Å². The van der Waals surface area contributed by atoms with Crippen LogP contribution in [0.2, 0.25) is 0 Å². The lowest BCUT2D eigenvalue weighted by Crippen LogP contribution is -2.51. The Kier molecular flexibility index (Phi) is 5.20. The van der Waals surface area contributed by atoms with Crippen LogP contribution in [0.15, 0.2) is 54.6 Å². The standard InChI is InChI=1S/C24H30N2O/c1-24(22-10-3-2-4-11-22)14-7-15-26(18-24)23(27)25-17-19-12-13-20-8-5-6-9-21(20)16-19/h2-6,8-11,19H,7,12-18H2,1H3,(H,25,27). The van der Waals surface area contributed by atoms with Crippen molar-refractivity contribution in [1.29, 1.82) is 0 Å². The summed E-state index contributed by atoms with van der Waals surface area (Å²) in [6, 6.07) is 19.5. The second kappa shape index (κ2) is 7.75. The lowest BCUT2D eigenvalue weighted by molar-refractivity contribution is 0.154. The molecule has 0 saturated carbocycles. The minimum Gasteiger partial charge on any atom is -0.338 e. The number of likely N-dealkylation sites (tertiary alicyclic amines) is 1. The van der Waals surface area contributed by atoms with Crippen LogP contribution in [0.4, 0.5) is 4.79 Å². The first kappa shape index (κ1) is 18.1. The van der Waals surface area contributed by atoms with Crippen molar-refractivity contribution in [3.8, 4) is 0 Å². The predicted octanol–water partition coefficient (Wildman–Crippen LogP) is 4.55. The largest absolute Gasteiger partial charge is 0.338 e. The Morgan fingerprint density at radius 2 is 1.85 bits per heavy atom. The molecule has 1 N–H and O–H groups in total. The normalized spacial score (nSPS) is 24.9. The first-order valence-corrected chi connectivity index (χ1v) is 10.3. The van der Waals surface area contributed by atoms with Crippen molar-refractivity contribution in [2.75, 3.05) is 19.6 Å². The van der Waals surface area contributed by atoms with E-state index in [1.807, 2.05) is 4.90 Å². The maximum Gasteiger partial charge on any atom is 0.317 e. The van der Waals surface area contributed by atoms with Gasteiger partial charge in [-0.2, -0.15) is 0 Å². The summed E-state index contributed by atoms with van der Waals surface area (Å²) in [7, 11) is 0. The second-order valence-corrected chi connectivity index (χ2v) is 8.52. The molecule has 0 bridgehead atoms. The van der Waals surface area contributed by atoms with E-state index >= 15 is 0 Å². The van der Waals surface area contributed by atoms with E-state index in [1.54, 1.807) is 0 Å². The molecule has 0 radical (unpaired) electrons. The lowest BCUT2D eigenvalue weighted by atomic mass is 9.76. The molecule has 1 fully saturated rings. The average Bonchev–Trinajstić information content (AvgIpc) is 2.72. The summed E-state index contributed by atoms with van der Waals surface area (Å²) in [5, 5.41) is 3.23. The monoisotopic (exact) mass is 362 g/mol. The third-order valence-corrected chi connectivity index (χ3v) is 6.45. The van der Waals surface area contributed by atoms with Gasteiger partial charge in [-0.3, -0.25) is 0 Å². The van der Waals surface area contributed by atoms with E-state index in [4.69, 9.17) is 0 Å². The fourth-order valence-electron chi connectivity index (χ4n) is 4.78. The summed E-state index contributed by atoms with van der Waals surface area (Å²) in [6.45, 7) is 4.74. The highest BCUT2D eigenvalue weighted by molar-refractivity contribution is 5.74. The van der Waals surface area contributed by atoms with E-state index in [1.165, 1.54) is 23.1 Å². The van der Waals surface area contributed by atoms with Crippen LogP contribution in [0.5, 0.6) is 0 Å². The van der Waals surface area contributed by atoms with Crippen molar-refractivity contribution < 1.29 is 4.79 Å². The highest BCUT2D eigenvalue weighted by Crippen LogP contribution is 2.33. The fraction of sp³-hybridized carbons (Fsp3) is 0.458. The van der Waals surface area contributed by atoms with Gasteiger partial charge < -0.3 is 10.2 Å². The van der Waals surface area contributed by atoms with Gasteiger partial charge in [0.25, 0.3) is 0 Å². The van der Waals surface area contributed by atoms with Crippen LogP contribution in [-0.2, 0) is 18.3 Å².